The summed E-state index contributed by atoms with van der Waals surface area (Å²) in [4.78, 5) is 8.57. The fourth-order valence-electron chi connectivity index (χ4n) is 1.23. The number of ether oxygens (including phenoxy) is 1. The highest BCUT2D eigenvalue weighted by Gasteiger charge is 2.22. The van der Waals surface area contributed by atoms with Crippen molar-refractivity contribution in [3.8, 4) is 0 Å². The van der Waals surface area contributed by atoms with E-state index in [0.717, 1.165) is 12.0 Å². The number of hydrogen-bond acceptors (Lipinski definition) is 4. The molecule has 0 amide bonds. The summed E-state index contributed by atoms with van der Waals surface area (Å²) in [7, 11) is 1.65. The maximum atomic E-state index is 5.69. The van der Waals surface area contributed by atoms with E-state index in [-0.39, 0.29) is 6.04 Å². The normalized spacial score (nSPS) is 13.9. The molecule has 0 bridgehead atoms. The predicted molar refractivity (Wildman–Crippen MR) is 59.4 cm³/mol. The number of nitrogens with zero attached hydrogens (tertiary/aromatic N) is 2. The van der Waals surface area contributed by atoms with E-state index in [1.54, 1.807) is 7.11 Å². The molecule has 1 rings (SSSR count). The van der Waals surface area contributed by atoms with Crippen LogP contribution in [0.1, 0.15) is 32.2 Å². The molecule has 84 valence electrons. The average molecular weight is 209 g/mol. The molecule has 0 saturated carbocycles. The largest absolute Gasteiger partial charge is 0.371 e. The van der Waals surface area contributed by atoms with Crippen molar-refractivity contribution in [1.82, 2.24) is 9.97 Å². The van der Waals surface area contributed by atoms with Crippen LogP contribution in [0.3, 0.4) is 0 Å². The fraction of sp³-hybridized carbons (Fsp3) is 0.636. The van der Waals surface area contributed by atoms with Crippen LogP contribution in [0.15, 0.2) is 12.4 Å². The zero-order valence-electron chi connectivity index (χ0n) is 9.82. The van der Waals surface area contributed by atoms with Gasteiger partial charge in [-0.1, -0.05) is 0 Å². The second-order valence-corrected chi connectivity index (χ2v) is 4.31. The number of aromatic nitrogens is 2. The zero-order chi connectivity index (χ0) is 11.5. The van der Waals surface area contributed by atoms with Crippen LogP contribution >= 0.6 is 0 Å². The summed E-state index contributed by atoms with van der Waals surface area (Å²) in [5.74, 6) is 0.693. The van der Waals surface area contributed by atoms with Crippen molar-refractivity contribution >= 4 is 0 Å². The molecule has 4 nitrogen and oxygen atoms in total. The van der Waals surface area contributed by atoms with Gasteiger partial charge < -0.3 is 10.5 Å². The molecule has 0 aliphatic heterocycles. The third-order valence-corrected chi connectivity index (χ3v) is 2.31. The Hall–Kier alpha value is -1.00. The van der Waals surface area contributed by atoms with E-state index >= 15 is 0 Å². The Labute approximate surface area is 90.9 Å². The monoisotopic (exact) mass is 209 g/mol. The van der Waals surface area contributed by atoms with Crippen molar-refractivity contribution in [2.24, 2.45) is 5.73 Å². The molecule has 0 aliphatic carbocycles. The lowest BCUT2D eigenvalue weighted by Crippen LogP contribution is -2.23. The Morgan fingerprint density at radius 2 is 1.93 bits per heavy atom. The summed E-state index contributed by atoms with van der Waals surface area (Å²) < 4.78 is 5.29. The van der Waals surface area contributed by atoms with Gasteiger partial charge >= 0.3 is 0 Å². The quantitative estimate of drug-likeness (QED) is 0.810. The first kappa shape index (κ1) is 12.1. The summed E-state index contributed by atoms with van der Waals surface area (Å²) in [6, 6.07) is 0.134. The van der Waals surface area contributed by atoms with Crippen LogP contribution < -0.4 is 5.73 Å². The molecule has 15 heavy (non-hydrogen) atoms. The van der Waals surface area contributed by atoms with Crippen LogP contribution in [-0.2, 0) is 16.8 Å². The first-order chi connectivity index (χ1) is 6.95. The summed E-state index contributed by atoms with van der Waals surface area (Å²) in [6.07, 6.45) is 4.42. The average Bonchev–Trinajstić information content (AvgIpc) is 2.18. The van der Waals surface area contributed by atoms with Crippen LogP contribution in [0.25, 0.3) is 0 Å². The van der Waals surface area contributed by atoms with E-state index in [1.165, 1.54) is 0 Å². The minimum atomic E-state index is -0.438. The van der Waals surface area contributed by atoms with E-state index < -0.39 is 5.60 Å². The molecule has 1 aromatic heterocycles. The first-order valence-electron chi connectivity index (χ1n) is 5.08. The van der Waals surface area contributed by atoms with Gasteiger partial charge in [-0.05, 0) is 32.8 Å². The highest BCUT2D eigenvalue weighted by atomic mass is 16.5. The fourth-order valence-corrected chi connectivity index (χ4v) is 1.23. The Morgan fingerprint density at radius 3 is 2.33 bits per heavy atom. The molecule has 0 saturated heterocycles. The Kier molecular flexibility index (Phi) is 3.77. The maximum absolute atomic E-state index is 5.69. The Balaban J connectivity index is 2.81. The van der Waals surface area contributed by atoms with Gasteiger partial charge in [0.1, 0.15) is 5.60 Å². The van der Waals surface area contributed by atoms with E-state index in [2.05, 4.69) is 9.97 Å². The van der Waals surface area contributed by atoms with Crippen molar-refractivity contribution in [3.63, 3.8) is 0 Å². The first-order valence-corrected chi connectivity index (χ1v) is 5.08. The molecule has 2 N–H and O–H groups in total. The van der Waals surface area contributed by atoms with Crippen LogP contribution in [0.2, 0.25) is 0 Å². The maximum Gasteiger partial charge on any atom is 0.159 e. The molecule has 1 atom stereocenters. The molecule has 0 radical (unpaired) electrons. The highest BCUT2D eigenvalue weighted by molar-refractivity contribution is 5.09. The van der Waals surface area contributed by atoms with E-state index in [9.17, 15) is 0 Å². The molecule has 4 heteroatoms. The highest BCUT2D eigenvalue weighted by Crippen LogP contribution is 2.19. The van der Waals surface area contributed by atoms with Gasteiger partial charge in [-0.25, -0.2) is 9.97 Å². The molecular weight excluding hydrogens is 190 g/mol. The van der Waals surface area contributed by atoms with Gasteiger partial charge in [0.15, 0.2) is 5.82 Å². The zero-order valence-corrected chi connectivity index (χ0v) is 9.82. The molecule has 1 unspecified atom stereocenters. The standard InChI is InChI=1S/C11H19N3O/c1-8(12)5-9-6-13-10(14-7-9)11(2,3)15-4/h6-8H,5,12H2,1-4H3. The van der Waals surface area contributed by atoms with Crippen molar-refractivity contribution in [1.29, 1.82) is 0 Å². The van der Waals surface area contributed by atoms with Crippen molar-refractivity contribution in [3.05, 3.63) is 23.8 Å². The second-order valence-electron chi connectivity index (χ2n) is 4.31. The topological polar surface area (TPSA) is 61.0 Å². The molecule has 0 spiro atoms. The van der Waals surface area contributed by atoms with Gasteiger partial charge in [-0.15, -0.1) is 0 Å². The third kappa shape index (κ3) is 3.25. The van der Waals surface area contributed by atoms with E-state index in [0.29, 0.717) is 5.82 Å². The molecule has 1 heterocycles. The SMILES string of the molecule is COC(C)(C)c1ncc(CC(C)N)cn1. The predicted octanol–water partition coefficient (Wildman–Crippen LogP) is 1.25. The number of hydrogen-bond donors (Lipinski definition) is 1. The second kappa shape index (κ2) is 4.68. The van der Waals surface area contributed by atoms with E-state index in [1.807, 2.05) is 33.2 Å². The molecule has 1 aromatic rings. The van der Waals surface area contributed by atoms with Gasteiger partial charge in [0.2, 0.25) is 0 Å². The summed E-state index contributed by atoms with van der Waals surface area (Å²) in [5.41, 5.74) is 6.31. The van der Waals surface area contributed by atoms with Gasteiger partial charge in [0.05, 0.1) is 0 Å². The van der Waals surface area contributed by atoms with Crippen molar-refractivity contribution in [2.75, 3.05) is 7.11 Å². The van der Waals surface area contributed by atoms with E-state index in [4.69, 9.17) is 10.5 Å². The van der Waals surface area contributed by atoms with Crippen molar-refractivity contribution in [2.45, 2.75) is 38.8 Å². The van der Waals surface area contributed by atoms with Crippen molar-refractivity contribution < 1.29 is 4.74 Å². The van der Waals surface area contributed by atoms with Gasteiger partial charge in [0.25, 0.3) is 0 Å². The van der Waals surface area contributed by atoms with Gasteiger partial charge in [-0.3, -0.25) is 0 Å². The third-order valence-electron chi connectivity index (χ3n) is 2.31. The van der Waals surface area contributed by atoms with Crippen LogP contribution in [-0.4, -0.2) is 23.1 Å². The number of rotatable bonds is 4. The lowest BCUT2D eigenvalue weighted by Gasteiger charge is -2.20. The summed E-state index contributed by atoms with van der Waals surface area (Å²) in [6.45, 7) is 5.84. The van der Waals surface area contributed by atoms with Crippen LogP contribution in [0, 0.1) is 0 Å². The van der Waals surface area contributed by atoms with Crippen LogP contribution in [0.5, 0.6) is 0 Å². The summed E-state index contributed by atoms with van der Waals surface area (Å²) >= 11 is 0. The number of nitrogens with two attached hydrogens (primary N) is 1. The smallest absolute Gasteiger partial charge is 0.159 e. The Bertz CT molecular complexity index is 306. The molecule has 0 fully saturated rings. The van der Waals surface area contributed by atoms with Gasteiger partial charge in [-0.2, -0.15) is 0 Å². The van der Waals surface area contributed by atoms with Gasteiger partial charge in [0, 0.05) is 25.5 Å². The Morgan fingerprint density at radius 1 is 1.40 bits per heavy atom. The lowest BCUT2D eigenvalue weighted by atomic mass is 10.1. The minimum Gasteiger partial charge on any atom is -0.371 e. The lowest BCUT2D eigenvalue weighted by molar-refractivity contribution is 0.0114. The molecule has 0 aromatic carbocycles. The molecular formula is C11H19N3O. The number of methoxy groups -OCH3 is 1. The summed E-state index contributed by atoms with van der Waals surface area (Å²) in [5, 5.41) is 0. The molecule has 0 aliphatic rings. The van der Waals surface area contributed by atoms with Crippen LogP contribution in [0.4, 0.5) is 0 Å². The minimum absolute atomic E-state index is 0.134.